The fourth-order valence-electron chi connectivity index (χ4n) is 2.87. The SMILES string of the molecule is CCN(CC)C(=O)[C@@H]1C[C@H](N)CN1C(=O)c1ccn(CC)n1. The van der Waals surface area contributed by atoms with E-state index < -0.39 is 6.04 Å². The highest BCUT2D eigenvalue weighted by molar-refractivity contribution is 5.96. The quantitative estimate of drug-likeness (QED) is 0.848. The molecule has 1 aromatic heterocycles. The van der Waals surface area contributed by atoms with Crippen LogP contribution < -0.4 is 5.73 Å². The van der Waals surface area contributed by atoms with Crippen LogP contribution in [0, 0.1) is 0 Å². The number of hydrogen-bond donors (Lipinski definition) is 1. The fraction of sp³-hybridized carbons (Fsp3) is 0.667. The molecule has 22 heavy (non-hydrogen) atoms. The van der Waals surface area contributed by atoms with Gasteiger partial charge in [-0.15, -0.1) is 0 Å². The lowest BCUT2D eigenvalue weighted by molar-refractivity contribution is -0.134. The smallest absolute Gasteiger partial charge is 0.275 e. The van der Waals surface area contributed by atoms with Gasteiger partial charge in [-0.2, -0.15) is 5.10 Å². The molecule has 2 N–H and O–H groups in total. The van der Waals surface area contributed by atoms with Gasteiger partial charge in [-0.1, -0.05) is 0 Å². The van der Waals surface area contributed by atoms with Crippen molar-refractivity contribution in [2.75, 3.05) is 19.6 Å². The third-order valence-electron chi connectivity index (χ3n) is 4.14. The predicted octanol–water partition coefficient (Wildman–Crippen LogP) is 0.313. The summed E-state index contributed by atoms with van der Waals surface area (Å²) in [6.45, 7) is 8.20. The second-order valence-corrected chi connectivity index (χ2v) is 5.54. The molecule has 0 spiro atoms. The minimum atomic E-state index is -0.478. The highest BCUT2D eigenvalue weighted by atomic mass is 16.2. The zero-order valence-corrected chi connectivity index (χ0v) is 13.5. The number of likely N-dealkylation sites (tertiary alicyclic amines) is 1. The van der Waals surface area contributed by atoms with Crippen LogP contribution in [0.4, 0.5) is 0 Å². The summed E-state index contributed by atoms with van der Waals surface area (Å²) in [4.78, 5) is 28.6. The van der Waals surface area contributed by atoms with Crippen LogP contribution in [0.25, 0.3) is 0 Å². The first-order valence-electron chi connectivity index (χ1n) is 7.90. The van der Waals surface area contributed by atoms with Crippen molar-refractivity contribution < 1.29 is 9.59 Å². The Bertz CT molecular complexity index is 538. The van der Waals surface area contributed by atoms with Gasteiger partial charge in [0.25, 0.3) is 5.91 Å². The summed E-state index contributed by atoms with van der Waals surface area (Å²) in [5.74, 6) is -0.244. The molecule has 0 saturated carbocycles. The van der Waals surface area contributed by atoms with Gasteiger partial charge in [-0.25, -0.2) is 0 Å². The van der Waals surface area contributed by atoms with E-state index in [1.165, 1.54) is 0 Å². The first-order valence-corrected chi connectivity index (χ1v) is 7.90. The molecule has 0 bridgehead atoms. The van der Waals surface area contributed by atoms with E-state index in [0.717, 1.165) is 0 Å². The minimum absolute atomic E-state index is 0.0266. The average molecular weight is 307 g/mol. The number of nitrogens with zero attached hydrogens (tertiary/aromatic N) is 4. The summed E-state index contributed by atoms with van der Waals surface area (Å²) in [6.07, 6.45) is 2.28. The molecule has 2 amide bonds. The maximum atomic E-state index is 12.7. The van der Waals surface area contributed by atoms with Crippen molar-refractivity contribution in [3.8, 4) is 0 Å². The molecule has 1 aliphatic rings. The molecule has 2 atom stereocenters. The van der Waals surface area contributed by atoms with Crippen LogP contribution in [0.5, 0.6) is 0 Å². The minimum Gasteiger partial charge on any atom is -0.341 e. The van der Waals surface area contributed by atoms with E-state index in [4.69, 9.17) is 5.73 Å². The van der Waals surface area contributed by atoms with Gasteiger partial charge in [0.2, 0.25) is 5.91 Å². The lowest BCUT2D eigenvalue weighted by atomic mass is 10.1. The van der Waals surface area contributed by atoms with Gasteiger partial charge in [0.05, 0.1) is 0 Å². The molecule has 0 aromatic carbocycles. The number of aryl methyl sites for hydroxylation is 1. The summed E-state index contributed by atoms with van der Waals surface area (Å²) in [5, 5.41) is 4.24. The van der Waals surface area contributed by atoms with Crippen LogP contribution in [0.3, 0.4) is 0 Å². The van der Waals surface area contributed by atoms with E-state index >= 15 is 0 Å². The second kappa shape index (κ2) is 6.91. The van der Waals surface area contributed by atoms with Gasteiger partial charge in [-0.05, 0) is 33.3 Å². The first-order chi connectivity index (χ1) is 10.5. The third-order valence-corrected chi connectivity index (χ3v) is 4.14. The highest BCUT2D eigenvalue weighted by Crippen LogP contribution is 2.21. The summed E-state index contributed by atoms with van der Waals surface area (Å²) < 4.78 is 1.70. The Labute approximate surface area is 131 Å². The highest BCUT2D eigenvalue weighted by Gasteiger charge is 2.40. The van der Waals surface area contributed by atoms with Crippen LogP contribution in [-0.4, -0.2) is 63.1 Å². The summed E-state index contributed by atoms with van der Waals surface area (Å²) in [5.41, 5.74) is 6.36. The molecule has 7 nitrogen and oxygen atoms in total. The number of hydrogen-bond acceptors (Lipinski definition) is 4. The summed E-state index contributed by atoms with van der Waals surface area (Å²) >= 11 is 0. The standard InChI is InChI=1S/C15H25N5O2/c1-4-18(5-2)15(22)13-9-11(16)10-20(13)14(21)12-7-8-19(6-3)17-12/h7-8,11,13H,4-6,9-10,16H2,1-3H3/t11-,13-/m0/s1. The van der Waals surface area contributed by atoms with Crippen molar-refractivity contribution >= 4 is 11.8 Å². The number of amides is 2. The Morgan fingerprint density at radius 1 is 1.36 bits per heavy atom. The Hall–Kier alpha value is -1.89. The Morgan fingerprint density at radius 3 is 2.59 bits per heavy atom. The number of nitrogens with two attached hydrogens (primary N) is 1. The zero-order chi connectivity index (χ0) is 16.3. The van der Waals surface area contributed by atoms with Crippen molar-refractivity contribution in [1.29, 1.82) is 0 Å². The number of carbonyl (C=O) groups excluding carboxylic acids is 2. The van der Waals surface area contributed by atoms with Crippen molar-refractivity contribution in [1.82, 2.24) is 19.6 Å². The lowest BCUT2D eigenvalue weighted by Crippen LogP contribution is -2.47. The monoisotopic (exact) mass is 307 g/mol. The number of aromatic nitrogens is 2. The molecule has 122 valence electrons. The largest absolute Gasteiger partial charge is 0.341 e. The fourth-order valence-corrected chi connectivity index (χ4v) is 2.87. The van der Waals surface area contributed by atoms with E-state index in [2.05, 4.69) is 5.10 Å². The molecule has 0 radical (unpaired) electrons. The Balaban J connectivity index is 2.19. The molecule has 0 aliphatic carbocycles. The molecule has 1 fully saturated rings. The van der Waals surface area contributed by atoms with Crippen molar-refractivity contribution in [3.05, 3.63) is 18.0 Å². The Morgan fingerprint density at radius 2 is 2.05 bits per heavy atom. The molecule has 0 unspecified atom stereocenters. The molecule has 1 aliphatic heterocycles. The van der Waals surface area contributed by atoms with Crippen molar-refractivity contribution in [3.63, 3.8) is 0 Å². The van der Waals surface area contributed by atoms with Gasteiger partial charge < -0.3 is 15.5 Å². The maximum absolute atomic E-state index is 12.7. The Kier molecular flexibility index (Phi) is 5.18. The molecule has 2 heterocycles. The number of likely N-dealkylation sites (N-methyl/N-ethyl adjacent to an activating group) is 1. The predicted molar refractivity (Wildman–Crippen MR) is 83.2 cm³/mol. The van der Waals surface area contributed by atoms with E-state index in [0.29, 0.717) is 38.3 Å². The normalized spacial score (nSPS) is 21.2. The van der Waals surface area contributed by atoms with Gasteiger partial charge in [0.1, 0.15) is 11.7 Å². The van der Waals surface area contributed by atoms with Crippen LogP contribution in [0.15, 0.2) is 12.3 Å². The molecule has 7 heteroatoms. The van der Waals surface area contributed by atoms with Crippen LogP contribution in [0.1, 0.15) is 37.7 Å². The van der Waals surface area contributed by atoms with Crippen molar-refractivity contribution in [2.24, 2.45) is 5.73 Å². The van der Waals surface area contributed by atoms with Gasteiger partial charge in [-0.3, -0.25) is 14.3 Å². The molecule has 1 saturated heterocycles. The van der Waals surface area contributed by atoms with E-state index in [-0.39, 0.29) is 17.9 Å². The van der Waals surface area contributed by atoms with E-state index in [1.54, 1.807) is 26.7 Å². The van der Waals surface area contributed by atoms with Crippen LogP contribution in [-0.2, 0) is 11.3 Å². The van der Waals surface area contributed by atoms with Gasteiger partial charge in [0.15, 0.2) is 0 Å². The van der Waals surface area contributed by atoms with Crippen LogP contribution >= 0.6 is 0 Å². The molecule has 1 aromatic rings. The maximum Gasteiger partial charge on any atom is 0.275 e. The third kappa shape index (κ3) is 3.14. The van der Waals surface area contributed by atoms with Crippen molar-refractivity contribution in [2.45, 2.75) is 45.8 Å². The number of carbonyl (C=O) groups is 2. The molecule has 2 rings (SSSR count). The zero-order valence-electron chi connectivity index (χ0n) is 13.5. The second-order valence-electron chi connectivity index (χ2n) is 5.54. The summed E-state index contributed by atoms with van der Waals surface area (Å²) in [7, 11) is 0. The molecular formula is C15H25N5O2. The van der Waals surface area contributed by atoms with Crippen LogP contribution in [0.2, 0.25) is 0 Å². The first kappa shape index (κ1) is 16.5. The van der Waals surface area contributed by atoms with Gasteiger partial charge >= 0.3 is 0 Å². The molecular weight excluding hydrogens is 282 g/mol. The average Bonchev–Trinajstić information content (AvgIpc) is 3.14. The van der Waals surface area contributed by atoms with E-state index in [1.807, 2.05) is 20.8 Å². The van der Waals surface area contributed by atoms with Gasteiger partial charge in [0, 0.05) is 38.4 Å². The topological polar surface area (TPSA) is 84.5 Å². The number of rotatable bonds is 5. The lowest BCUT2D eigenvalue weighted by Gasteiger charge is -2.28. The van der Waals surface area contributed by atoms with E-state index in [9.17, 15) is 9.59 Å². The summed E-state index contributed by atoms with van der Waals surface area (Å²) in [6, 6.07) is 1.05.